The van der Waals surface area contributed by atoms with Crippen molar-refractivity contribution in [2.45, 2.75) is 51.0 Å². The zero-order valence-corrected chi connectivity index (χ0v) is 16.7. The number of pyridine rings is 2. The fourth-order valence-electron chi connectivity index (χ4n) is 4.86. The zero-order chi connectivity index (χ0) is 21.2. The van der Waals surface area contributed by atoms with Crippen molar-refractivity contribution in [1.29, 1.82) is 0 Å². The van der Waals surface area contributed by atoms with E-state index in [0.29, 0.717) is 16.6 Å². The third kappa shape index (κ3) is 2.86. The van der Waals surface area contributed by atoms with Gasteiger partial charge in [-0.3, -0.25) is 9.20 Å². The van der Waals surface area contributed by atoms with Gasteiger partial charge in [-0.1, -0.05) is 12.1 Å². The van der Waals surface area contributed by atoms with Crippen molar-refractivity contribution in [2.75, 3.05) is 0 Å². The lowest BCUT2D eigenvalue weighted by molar-refractivity contribution is 0.0694. The number of carboxylic acid groups (broad SMARTS) is 1. The van der Waals surface area contributed by atoms with Crippen LogP contribution in [0, 0.1) is 12.7 Å². The maximum absolute atomic E-state index is 15.3. The van der Waals surface area contributed by atoms with Crippen LogP contribution in [0.15, 0.2) is 35.3 Å². The molecule has 2 aromatic heterocycles. The van der Waals surface area contributed by atoms with Gasteiger partial charge in [0.2, 0.25) is 0 Å². The number of hydrogen-bond donors (Lipinski definition) is 2. The minimum Gasteiger partial charge on any atom is -0.477 e. The molecule has 5 rings (SSSR count). The first-order chi connectivity index (χ1) is 14.4. The molecule has 2 aliphatic carbocycles. The molecule has 0 bridgehead atoms. The number of carbonyl (C=O) groups is 1. The quantitative estimate of drug-likeness (QED) is 0.678. The van der Waals surface area contributed by atoms with Gasteiger partial charge in [0.05, 0.1) is 5.52 Å². The summed E-state index contributed by atoms with van der Waals surface area (Å²) < 4.78 is 16.5. The molecule has 0 aliphatic heterocycles. The van der Waals surface area contributed by atoms with Gasteiger partial charge in [0.15, 0.2) is 0 Å². The smallest absolute Gasteiger partial charge is 0.341 e. The molecule has 154 valence electrons. The summed E-state index contributed by atoms with van der Waals surface area (Å²) >= 11 is 0. The Balaban J connectivity index is 1.80. The predicted octanol–water partition coefficient (Wildman–Crippen LogP) is 4.33. The maximum atomic E-state index is 15.3. The number of benzene rings is 1. The second-order valence-corrected chi connectivity index (χ2v) is 8.51. The van der Waals surface area contributed by atoms with Crippen molar-refractivity contribution < 1.29 is 14.3 Å². The Morgan fingerprint density at radius 2 is 1.97 bits per heavy atom. The number of nitrogens with zero attached hydrogens (tertiary/aromatic N) is 1. The fourth-order valence-corrected chi connectivity index (χ4v) is 4.86. The Hall–Kier alpha value is -2.99. The number of nitrogens with two attached hydrogens (primary N) is 1. The van der Waals surface area contributed by atoms with E-state index in [2.05, 4.69) is 0 Å². The van der Waals surface area contributed by atoms with Crippen LogP contribution in [0.1, 0.15) is 70.3 Å². The van der Waals surface area contributed by atoms with Gasteiger partial charge in [0, 0.05) is 17.8 Å². The largest absolute Gasteiger partial charge is 0.477 e. The molecule has 5 nitrogen and oxygen atoms in total. The zero-order valence-electron chi connectivity index (χ0n) is 16.7. The molecular formula is C24H23FN2O3. The first-order valence-corrected chi connectivity index (χ1v) is 10.4. The Morgan fingerprint density at radius 3 is 2.67 bits per heavy atom. The van der Waals surface area contributed by atoms with E-state index in [1.54, 1.807) is 6.92 Å². The third-order valence-corrected chi connectivity index (χ3v) is 6.52. The van der Waals surface area contributed by atoms with Gasteiger partial charge in [-0.05, 0) is 84.9 Å². The summed E-state index contributed by atoms with van der Waals surface area (Å²) in [6.07, 6.45) is 5.95. The van der Waals surface area contributed by atoms with Crippen LogP contribution in [0.2, 0.25) is 0 Å². The van der Waals surface area contributed by atoms with E-state index in [9.17, 15) is 14.7 Å². The van der Waals surface area contributed by atoms with E-state index in [-0.39, 0.29) is 17.5 Å². The van der Waals surface area contributed by atoms with Crippen LogP contribution in [0.25, 0.3) is 16.6 Å². The first-order valence-electron chi connectivity index (χ1n) is 10.4. The Kier molecular flexibility index (Phi) is 4.29. The topological polar surface area (TPSA) is 84.8 Å². The number of aromatic nitrogens is 1. The minimum atomic E-state index is -1.29. The van der Waals surface area contributed by atoms with Crippen molar-refractivity contribution in [3.8, 4) is 11.1 Å². The second-order valence-electron chi connectivity index (χ2n) is 8.51. The highest BCUT2D eigenvalue weighted by atomic mass is 19.1. The van der Waals surface area contributed by atoms with Gasteiger partial charge in [-0.2, -0.15) is 0 Å². The number of aromatic carboxylic acids is 1. The average molecular weight is 406 g/mol. The molecule has 1 unspecified atom stereocenters. The highest BCUT2D eigenvalue weighted by molar-refractivity contribution is 5.89. The summed E-state index contributed by atoms with van der Waals surface area (Å²) in [5, 5.41) is 9.44. The predicted molar refractivity (Wildman–Crippen MR) is 113 cm³/mol. The number of hydrogen-bond acceptors (Lipinski definition) is 3. The molecule has 0 amide bonds. The van der Waals surface area contributed by atoms with E-state index >= 15 is 4.39 Å². The van der Waals surface area contributed by atoms with Gasteiger partial charge in [-0.25, -0.2) is 9.18 Å². The molecular weight excluding hydrogens is 383 g/mol. The summed E-state index contributed by atoms with van der Waals surface area (Å²) in [6.45, 7) is 1.80. The third-order valence-electron chi connectivity index (χ3n) is 6.52. The van der Waals surface area contributed by atoms with Crippen LogP contribution < -0.4 is 11.3 Å². The fraction of sp³-hybridized carbons (Fsp3) is 0.333. The van der Waals surface area contributed by atoms with Crippen LogP contribution in [-0.4, -0.2) is 15.5 Å². The summed E-state index contributed by atoms with van der Waals surface area (Å²) in [6, 6.07) is 7.34. The lowest BCUT2D eigenvalue weighted by Gasteiger charge is -2.23. The maximum Gasteiger partial charge on any atom is 0.341 e. The van der Waals surface area contributed by atoms with E-state index < -0.39 is 17.3 Å². The van der Waals surface area contributed by atoms with Gasteiger partial charge in [0.1, 0.15) is 11.4 Å². The van der Waals surface area contributed by atoms with E-state index in [1.165, 1.54) is 16.0 Å². The van der Waals surface area contributed by atoms with Crippen molar-refractivity contribution in [1.82, 2.24) is 4.40 Å². The van der Waals surface area contributed by atoms with Crippen molar-refractivity contribution in [3.05, 3.63) is 74.5 Å². The van der Waals surface area contributed by atoms with Crippen molar-refractivity contribution in [2.24, 2.45) is 5.73 Å². The molecule has 6 heteroatoms. The molecule has 3 aromatic rings. The lowest BCUT2D eigenvalue weighted by atomic mass is 9.85. The molecule has 30 heavy (non-hydrogen) atoms. The van der Waals surface area contributed by atoms with Crippen molar-refractivity contribution >= 4 is 11.5 Å². The minimum absolute atomic E-state index is 0.0553. The summed E-state index contributed by atoms with van der Waals surface area (Å²) in [5.41, 5.74) is 10.8. The molecule has 2 heterocycles. The number of rotatable bonds is 3. The van der Waals surface area contributed by atoms with E-state index in [4.69, 9.17) is 5.73 Å². The monoisotopic (exact) mass is 406 g/mol. The van der Waals surface area contributed by atoms with Gasteiger partial charge in [0.25, 0.3) is 5.56 Å². The van der Waals surface area contributed by atoms with Gasteiger partial charge >= 0.3 is 5.97 Å². The summed E-state index contributed by atoms with van der Waals surface area (Å²) in [4.78, 5) is 24.3. The first kappa shape index (κ1) is 19.0. The second kappa shape index (κ2) is 6.77. The number of carboxylic acids is 1. The molecule has 0 radical (unpaired) electrons. The normalized spacial score (nSPS) is 18.4. The van der Waals surface area contributed by atoms with Crippen LogP contribution in [0.4, 0.5) is 4.39 Å². The number of fused-ring (bicyclic) bond motifs is 2. The Bertz CT molecular complexity index is 1270. The SMILES string of the molecule is Cc1c(-c2ccc3c(c2)C(N)CCC3)c(F)cn2c(=O)c(C(=O)O)cc(C3CC3)c12. The van der Waals surface area contributed by atoms with E-state index in [0.717, 1.165) is 55.0 Å². The molecule has 0 spiro atoms. The van der Waals surface area contributed by atoms with Crippen molar-refractivity contribution in [3.63, 3.8) is 0 Å². The van der Waals surface area contributed by atoms with Crippen LogP contribution in [0.3, 0.4) is 0 Å². The highest BCUT2D eigenvalue weighted by Gasteiger charge is 2.30. The Morgan fingerprint density at radius 1 is 1.20 bits per heavy atom. The Labute approximate surface area is 173 Å². The van der Waals surface area contributed by atoms with Crippen LogP contribution in [-0.2, 0) is 6.42 Å². The van der Waals surface area contributed by atoms with E-state index in [1.807, 2.05) is 18.2 Å². The average Bonchev–Trinajstić information content (AvgIpc) is 3.54. The number of aryl methyl sites for hydroxylation is 2. The molecule has 1 saturated carbocycles. The van der Waals surface area contributed by atoms with Gasteiger partial charge in [-0.15, -0.1) is 0 Å². The van der Waals surface area contributed by atoms with Crippen LogP contribution >= 0.6 is 0 Å². The summed E-state index contributed by atoms with van der Waals surface area (Å²) in [7, 11) is 0. The molecule has 0 saturated heterocycles. The summed E-state index contributed by atoms with van der Waals surface area (Å²) in [5.74, 6) is -1.63. The van der Waals surface area contributed by atoms with Gasteiger partial charge < -0.3 is 10.8 Å². The molecule has 1 aromatic carbocycles. The number of halogens is 1. The molecule has 1 atom stereocenters. The molecule has 1 fully saturated rings. The molecule has 3 N–H and O–H groups in total. The van der Waals surface area contributed by atoms with Crippen LogP contribution in [0.5, 0.6) is 0 Å². The standard InChI is InChI=1S/C24H23FN2O3/c1-12-21(15-8-7-13-3-2-4-20(26)16(13)9-15)19(25)11-27-22(12)17(14-5-6-14)10-18(23(27)28)24(29)30/h7-11,14,20H,2-6,26H2,1H3,(H,29,30). The lowest BCUT2D eigenvalue weighted by Crippen LogP contribution is -2.24. The highest BCUT2D eigenvalue weighted by Crippen LogP contribution is 2.44. The molecule has 2 aliphatic rings.